The molecule has 1 aliphatic heterocycles. The van der Waals surface area contributed by atoms with Crippen LogP contribution >= 0.6 is 21.4 Å². The number of hydrogen-bond acceptors (Lipinski definition) is 4. The maximum atomic E-state index is 6.13. The van der Waals surface area contributed by atoms with Crippen molar-refractivity contribution in [3.8, 4) is 0 Å². The summed E-state index contributed by atoms with van der Waals surface area (Å²) in [5.74, 6) is 0.745. The second-order valence-electron chi connectivity index (χ2n) is 6.67. The Balaban J connectivity index is 1.78. The Bertz CT molecular complexity index is 1280. The molecule has 148 valence electrons. The van der Waals surface area contributed by atoms with Crippen LogP contribution in [0, 0.1) is 0 Å². The van der Waals surface area contributed by atoms with E-state index in [2.05, 4.69) is 49.6 Å². The van der Waals surface area contributed by atoms with Gasteiger partial charge >= 0.3 is 0 Å². The number of thiophene rings is 1. The molecule has 1 unspecified atom stereocenters. The molecule has 1 atom stereocenters. The molecule has 0 bridgehead atoms. The number of nitrogens with one attached hydrogen (secondary N) is 3. The number of nitrogens with zero attached hydrogens (tertiary/aromatic N) is 2. The number of imidazole rings is 1. The zero-order valence-electron chi connectivity index (χ0n) is 15.7. The van der Waals surface area contributed by atoms with Crippen LogP contribution in [0.2, 0.25) is 0 Å². The van der Waals surface area contributed by atoms with E-state index >= 15 is 0 Å². The standard InChI is InChI=1S/C22H17N5OS2/c1-5-15(23-9-1)22-27-19(21-25-11-12-26-21)20(16-6-4-14-29-16)30(22,17-7-2-10-24-17)18-8-3-13-28-18/h1-14,23-24H,(H,25,26). The maximum Gasteiger partial charge on any atom is 0.157 e. The van der Waals surface area contributed by atoms with Crippen molar-refractivity contribution in [1.82, 2.24) is 19.9 Å². The Morgan fingerprint density at radius 2 is 1.83 bits per heavy atom. The third-order valence-corrected chi connectivity index (χ3v) is 9.70. The number of rotatable bonds is 5. The molecule has 6 heterocycles. The van der Waals surface area contributed by atoms with Gasteiger partial charge in [-0.05, 0) is 47.8 Å². The van der Waals surface area contributed by atoms with E-state index in [1.807, 2.05) is 42.9 Å². The van der Waals surface area contributed by atoms with Gasteiger partial charge in [0, 0.05) is 29.7 Å². The molecule has 3 N–H and O–H groups in total. The first-order chi connectivity index (χ1) is 14.9. The summed E-state index contributed by atoms with van der Waals surface area (Å²) in [4.78, 5) is 22.1. The van der Waals surface area contributed by atoms with Gasteiger partial charge in [-0.25, -0.2) is 9.98 Å². The second-order valence-corrected chi connectivity index (χ2v) is 10.5. The summed E-state index contributed by atoms with van der Waals surface area (Å²) in [6.45, 7) is 0. The maximum absolute atomic E-state index is 6.13. The van der Waals surface area contributed by atoms with Crippen LogP contribution in [0.25, 0.3) is 10.6 Å². The lowest BCUT2D eigenvalue weighted by molar-refractivity contribution is 0.472. The molecule has 6 nitrogen and oxygen atoms in total. The molecule has 0 spiro atoms. The van der Waals surface area contributed by atoms with Crippen LogP contribution in [-0.4, -0.2) is 25.0 Å². The van der Waals surface area contributed by atoms with Gasteiger partial charge in [-0.3, -0.25) is 0 Å². The quantitative estimate of drug-likeness (QED) is 0.322. The van der Waals surface area contributed by atoms with Crippen LogP contribution < -0.4 is 0 Å². The summed E-state index contributed by atoms with van der Waals surface area (Å²) >= 11 is 1.70. The molecular weight excluding hydrogens is 414 g/mol. The zero-order chi connectivity index (χ0) is 20.0. The third-order valence-electron chi connectivity index (χ3n) is 5.02. The van der Waals surface area contributed by atoms with Gasteiger partial charge in [-0.1, -0.05) is 16.1 Å². The minimum absolute atomic E-state index is 0.745. The number of H-pyrrole nitrogens is 3. The first kappa shape index (κ1) is 17.4. The first-order valence-electron chi connectivity index (χ1n) is 9.40. The van der Waals surface area contributed by atoms with Crippen molar-refractivity contribution in [3.05, 3.63) is 101 Å². The lowest BCUT2D eigenvalue weighted by Gasteiger charge is -2.36. The van der Waals surface area contributed by atoms with Gasteiger partial charge < -0.3 is 19.4 Å². The topological polar surface area (TPSA) is 85.8 Å². The molecule has 5 aromatic rings. The van der Waals surface area contributed by atoms with Crippen LogP contribution in [0.4, 0.5) is 0 Å². The predicted octanol–water partition coefficient (Wildman–Crippen LogP) is 5.93. The van der Waals surface area contributed by atoms with Crippen LogP contribution in [0.3, 0.4) is 0 Å². The minimum atomic E-state index is -2.01. The second kappa shape index (κ2) is 6.79. The molecule has 0 saturated heterocycles. The first-order valence-corrected chi connectivity index (χ1v) is 11.9. The van der Waals surface area contributed by atoms with Crippen molar-refractivity contribution in [3.63, 3.8) is 0 Å². The molecule has 30 heavy (non-hydrogen) atoms. The van der Waals surface area contributed by atoms with E-state index in [4.69, 9.17) is 9.41 Å². The van der Waals surface area contributed by atoms with E-state index in [1.54, 1.807) is 23.8 Å². The van der Waals surface area contributed by atoms with Gasteiger partial charge in [0.25, 0.3) is 0 Å². The fourth-order valence-corrected chi connectivity index (χ4v) is 8.75. The molecule has 0 radical (unpaired) electrons. The lowest BCUT2D eigenvalue weighted by atomic mass is 10.3. The predicted molar refractivity (Wildman–Crippen MR) is 121 cm³/mol. The number of aromatic amines is 3. The van der Waals surface area contributed by atoms with Crippen LogP contribution in [0.15, 0.2) is 104 Å². The monoisotopic (exact) mass is 431 g/mol. The van der Waals surface area contributed by atoms with Gasteiger partial charge in [-0.2, -0.15) is 0 Å². The normalized spacial score (nSPS) is 21.0. The van der Waals surface area contributed by atoms with Crippen molar-refractivity contribution >= 4 is 37.0 Å². The van der Waals surface area contributed by atoms with Gasteiger partial charge in [0.2, 0.25) is 0 Å². The lowest BCUT2D eigenvalue weighted by Crippen LogP contribution is -2.14. The summed E-state index contributed by atoms with van der Waals surface area (Å²) in [5.41, 5.74) is 1.81. The average molecular weight is 432 g/mol. The van der Waals surface area contributed by atoms with Crippen molar-refractivity contribution in [2.24, 2.45) is 4.99 Å². The molecule has 6 rings (SSSR count). The summed E-state index contributed by atoms with van der Waals surface area (Å²) in [6, 6.07) is 16.4. The molecular formula is C22H17N5OS2. The fourth-order valence-electron chi connectivity index (χ4n) is 3.84. The highest BCUT2D eigenvalue weighted by Gasteiger charge is 2.49. The van der Waals surface area contributed by atoms with E-state index in [0.29, 0.717) is 0 Å². The van der Waals surface area contributed by atoms with Gasteiger partial charge in [-0.15, -0.1) is 11.3 Å². The van der Waals surface area contributed by atoms with Gasteiger partial charge in [0.1, 0.15) is 10.7 Å². The van der Waals surface area contributed by atoms with Crippen LogP contribution in [0.5, 0.6) is 0 Å². The summed E-state index contributed by atoms with van der Waals surface area (Å²) < 4.78 is 6.13. The summed E-state index contributed by atoms with van der Waals surface area (Å²) in [7, 11) is -2.01. The molecule has 0 aliphatic carbocycles. The number of furan rings is 1. The Hall–Kier alpha value is -3.49. The number of hydrogen-bond donors (Lipinski definition) is 3. The number of aliphatic imine (C=N–C) groups is 1. The zero-order valence-corrected chi connectivity index (χ0v) is 17.3. The van der Waals surface area contributed by atoms with Crippen LogP contribution in [0.1, 0.15) is 16.4 Å². The van der Waals surface area contributed by atoms with Crippen molar-refractivity contribution < 1.29 is 4.42 Å². The van der Waals surface area contributed by atoms with Gasteiger partial charge in [0.15, 0.2) is 10.9 Å². The average Bonchev–Trinajstić information content (AvgIpc) is 3.62. The number of aromatic nitrogens is 4. The molecule has 0 aromatic carbocycles. The van der Waals surface area contributed by atoms with Crippen molar-refractivity contribution in [2.45, 2.75) is 10.1 Å². The van der Waals surface area contributed by atoms with Crippen molar-refractivity contribution in [2.75, 3.05) is 0 Å². The molecule has 1 aliphatic rings. The molecule has 5 aromatic heterocycles. The third kappa shape index (κ3) is 2.38. The van der Waals surface area contributed by atoms with E-state index in [-0.39, 0.29) is 0 Å². The highest BCUT2D eigenvalue weighted by molar-refractivity contribution is 8.52. The smallest absolute Gasteiger partial charge is 0.157 e. The summed E-state index contributed by atoms with van der Waals surface area (Å²) in [6.07, 6.45) is 9.20. The highest BCUT2D eigenvalue weighted by atomic mass is 32.3. The summed E-state index contributed by atoms with van der Waals surface area (Å²) in [5, 5.41) is 4.98. The Labute approximate surface area is 177 Å². The van der Waals surface area contributed by atoms with E-state index < -0.39 is 10.0 Å². The van der Waals surface area contributed by atoms with Crippen molar-refractivity contribution in [1.29, 1.82) is 0 Å². The molecule has 0 fully saturated rings. The Morgan fingerprint density at radius 3 is 2.50 bits per heavy atom. The van der Waals surface area contributed by atoms with E-state index in [9.17, 15) is 0 Å². The SMILES string of the molecule is c1c[nH]c(C2=NC(c3ncc[nH]3)=C(c3cccs3)S2(c2ccc[nH]2)c2ccco2)c1. The molecule has 8 heteroatoms. The minimum Gasteiger partial charge on any atom is -0.459 e. The largest absolute Gasteiger partial charge is 0.459 e. The van der Waals surface area contributed by atoms with E-state index in [1.165, 1.54) is 0 Å². The highest BCUT2D eigenvalue weighted by Crippen LogP contribution is 2.76. The molecule has 0 saturated carbocycles. The Kier molecular flexibility index (Phi) is 3.93. The van der Waals surface area contributed by atoms with E-state index in [0.717, 1.165) is 42.2 Å². The Morgan fingerprint density at radius 1 is 0.900 bits per heavy atom. The molecule has 0 amide bonds. The fraction of sp³-hybridized carbons (Fsp3) is 0. The van der Waals surface area contributed by atoms with Crippen LogP contribution in [-0.2, 0) is 0 Å². The van der Waals surface area contributed by atoms with Gasteiger partial charge in [0.05, 0.1) is 21.9 Å².